The van der Waals surface area contributed by atoms with Gasteiger partial charge >= 0.3 is 0 Å². The molecule has 4 aromatic rings. The molecule has 38 heavy (non-hydrogen) atoms. The van der Waals surface area contributed by atoms with Crippen LogP contribution in [0.5, 0.6) is 5.75 Å². The molecule has 2 N–H and O–H groups in total. The van der Waals surface area contributed by atoms with Gasteiger partial charge in [-0.1, -0.05) is 23.7 Å². The van der Waals surface area contributed by atoms with Crippen molar-refractivity contribution < 1.29 is 9.53 Å². The number of methoxy groups -OCH3 is 1. The summed E-state index contributed by atoms with van der Waals surface area (Å²) in [6.45, 7) is 5.66. The molecular formula is C29H28ClN5O2S. The van der Waals surface area contributed by atoms with Gasteiger partial charge in [0, 0.05) is 40.9 Å². The molecule has 1 saturated heterocycles. The number of carbonyl (C=O) groups is 1. The van der Waals surface area contributed by atoms with Crippen molar-refractivity contribution in [1.82, 2.24) is 14.9 Å². The van der Waals surface area contributed by atoms with Gasteiger partial charge in [-0.15, -0.1) is 0 Å². The van der Waals surface area contributed by atoms with Crippen molar-refractivity contribution in [3.8, 4) is 11.4 Å². The number of aryl methyl sites for hydroxylation is 1. The number of hydrogen-bond donors (Lipinski definition) is 2. The average Bonchev–Trinajstić information content (AvgIpc) is 3.39. The Morgan fingerprint density at radius 1 is 1.08 bits per heavy atom. The summed E-state index contributed by atoms with van der Waals surface area (Å²) in [5.41, 5.74) is 6.51. The van der Waals surface area contributed by atoms with Gasteiger partial charge in [0.25, 0.3) is 0 Å². The molecule has 0 radical (unpaired) electrons. The van der Waals surface area contributed by atoms with Crippen LogP contribution < -0.4 is 20.3 Å². The van der Waals surface area contributed by atoms with Crippen molar-refractivity contribution in [1.29, 1.82) is 0 Å². The molecule has 1 aliphatic rings. The van der Waals surface area contributed by atoms with E-state index in [0.29, 0.717) is 21.6 Å². The highest BCUT2D eigenvalue weighted by atomic mass is 35.5. The summed E-state index contributed by atoms with van der Waals surface area (Å²) in [5.74, 6) is 0.384. The lowest BCUT2D eigenvalue weighted by molar-refractivity contribution is -0.114. The molecular weight excluding hydrogens is 518 g/mol. The van der Waals surface area contributed by atoms with E-state index in [1.807, 2.05) is 60.7 Å². The third-order valence-electron chi connectivity index (χ3n) is 6.73. The fraction of sp³-hybridized carbons (Fsp3) is 0.207. The number of pyridine rings is 1. The van der Waals surface area contributed by atoms with E-state index >= 15 is 0 Å². The topological polar surface area (TPSA) is 71.4 Å². The second-order valence-electron chi connectivity index (χ2n) is 9.20. The lowest BCUT2D eigenvalue weighted by atomic mass is 9.96. The molecule has 2 atom stereocenters. The maximum atomic E-state index is 11.9. The van der Waals surface area contributed by atoms with Gasteiger partial charge in [0.1, 0.15) is 5.75 Å². The van der Waals surface area contributed by atoms with E-state index in [9.17, 15) is 4.79 Å². The number of thiocarbonyl (C=S) groups is 1. The number of rotatable bonds is 6. The van der Waals surface area contributed by atoms with Gasteiger partial charge < -0.3 is 24.8 Å². The number of aromatic nitrogens is 2. The van der Waals surface area contributed by atoms with Crippen molar-refractivity contribution in [3.63, 3.8) is 0 Å². The fourth-order valence-electron chi connectivity index (χ4n) is 5.18. The number of carbonyl (C=O) groups excluding carboxylic acids is 1. The largest absolute Gasteiger partial charge is 0.495 e. The standard InChI is InChI=1S/C29H28ClN5O2S/c1-17-14-23(18(2)34(17)21-9-7-8-20(30)15-21)28-27(24-10-5-6-13-31-24)33-29(38)35(28)22-11-12-26(37-4)25(16-22)32-19(3)36/h5-16,27-28H,1-4H3,(H,32,36)(H,33,38)/t27-,28-/m0/s1. The molecule has 0 spiro atoms. The van der Waals surface area contributed by atoms with Gasteiger partial charge in [-0.2, -0.15) is 0 Å². The molecule has 3 heterocycles. The zero-order valence-corrected chi connectivity index (χ0v) is 23.1. The zero-order chi connectivity index (χ0) is 27.0. The Labute approximate surface area is 232 Å². The van der Waals surface area contributed by atoms with Crippen LogP contribution in [0.15, 0.2) is 72.9 Å². The molecule has 5 rings (SSSR count). The first-order valence-electron chi connectivity index (χ1n) is 12.2. The van der Waals surface area contributed by atoms with Crippen molar-refractivity contribution in [2.45, 2.75) is 32.9 Å². The molecule has 0 saturated carbocycles. The zero-order valence-electron chi connectivity index (χ0n) is 21.5. The lowest BCUT2D eigenvalue weighted by Gasteiger charge is -2.29. The Morgan fingerprint density at radius 3 is 2.58 bits per heavy atom. The Kier molecular flexibility index (Phi) is 7.10. The maximum Gasteiger partial charge on any atom is 0.221 e. The molecule has 1 aliphatic heterocycles. The van der Waals surface area contributed by atoms with Crippen LogP contribution in [0.2, 0.25) is 5.02 Å². The minimum atomic E-state index is -0.213. The summed E-state index contributed by atoms with van der Waals surface area (Å²) in [4.78, 5) is 18.7. The summed E-state index contributed by atoms with van der Waals surface area (Å²) in [7, 11) is 1.58. The third-order valence-corrected chi connectivity index (χ3v) is 7.27. The quantitative estimate of drug-likeness (QED) is 0.278. The highest BCUT2D eigenvalue weighted by Crippen LogP contribution is 2.45. The van der Waals surface area contributed by atoms with E-state index in [1.165, 1.54) is 6.92 Å². The summed E-state index contributed by atoms with van der Waals surface area (Å²) < 4.78 is 7.68. The summed E-state index contributed by atoms with van der Waals surface area (Å²) in [5, 5.41) is 7.62. The van der Waals surface area contributed by atoms with Gasteiger partial charge in [0.2, 0.25) is 5.91 Å². The molecule has 2 aromatic heterocycles. The van der Waals surface area contributed by atoms with Crippen molar-refractivity contribution >= 4 is 46.2 Å². The van der Waals surface area contributed by atoms with Gasteiger partial charge in [0.15, 0.2) is 5.11 Å². The van der Waals surface area contributed by atoms with Gasteiger partial charge in [0.05, 0.1) is 30.6 Å². The first-order valence-corrected chi connectivity index (χ1v) is 13.0. The van der Waals surface area contributed by atoms with Gasteiger partial charge in [-0.25, -0.2) is 0 Å². The molecule has 9 heteroatoms. The third kappa shape index (κ3) is 4.73. The van der Waals surface area contributed by atoms with Crippen LogP contribution in [0.4, 0.5) is 11.4 Å². The van der Waals surface area contributed by atoms with E-state index in [1.54, 1.807) is 13.3 Å². The number of ether oxygens (including phenoxy) is 1. The molecule has 0 aliphatic carbocycles. The number of anilines is 2. The second-order valence-corrected chi connectivity index (χ2v) is 10.0. The molecule has 0 unspecified atom stereocenters. The Balaban J connectivity index is 1.68. The highest BCUT2D eigenvalue weighted by Gasteiger charge is 2.42. The van der Waals surface area contributed by atoms with E-state index in [2.05, 4.69) is 45.0 Å². The van der Waals surface area contributed by atoms with Crippen LogP contribution in [0.25, 0.3) is 5.69 Å². The van der Waals surface area contributed by atoms with Crippen LogP contribution in [0.1, 0.15) is 41.7 Å². The van der Waals surface area contributed by atoms with Crippen molar-refractivity contribution in [2.75, 3.05) is 17.3 Å². The number of halogens is 1. The van der Waals surface area contributed by atoms with Crippen LogP contribution in [0.3, 0.4) is 0 Å². The molecule has 1 amide bonds. The van der Waals surface area contributed by atoms with Crippen molar-refractivity contribution in [3.05, 3.63) is 101 Å². The highest BCUT2D eigenvalue weighted by molar-refractivity contribution is 7.80. The number of nitrogens with zero attached hydrogens (tertiary/aromatic N) is 3. The van der Waals surface area contributed by atoms with Crippen molar-refractivity contribution in [2.24, 2.45) is 0 Å². The Bertz CT molecular complexity index is 1520. The van der Waals surface area contributed by atoms with E-state index in [0.717, 1.165) is 34.0 Å². The summed E-state index contributed by atoms with van der Waals surface area (Å²) >= 11 is 12.2. The fourth-order valence-corrected chi connectivity index (χ4v) is 5.71. The SMILES string of the molecule is COc1ccc(N2C(=S)N[C@@H](c3ccccn3)[C@@H]2c2cc(C)n(-c3cccc(Cl)c3)c2C)cc1NC(C)=O. The summed E-state index contributed by atoms with van der Waals surface area (Å²) in [6.07, 6.45) is 1.79. The Hall–Kier alpha value is -3.88. The average molecular weight is 546 g/mol. The van der Waals surface area contributed by atoms with Gasteiger partial charge in [-0.05, 0) is 86.2 Å². The van der Waals surface area contributed by atoms with Crippen LogP contribution in [-0.4, -0.2) is 27.7 Å². The number of hydrogen-bond acceptors (Lipinski definition) is 4. The van der Waals surface area contributed by atoms with E-state index < -0.39 is 0 Å². The number of amides is 1. The van der Waals surface area contributed by atoms with Crippen LogP contribution in [-0.2, 0) is 4.79 Å². The molecule has 2 aromatic carbocycles. The number of benzene rings is 2. The smallest absolute Gasteiger partial charge is 0.221 e. The minimum absolute atomic E-state index is 0.185. The molecule has 7 nitrogen and oxygen atoms in total. The monoisotopic (exact) mass is 545 g/mol. The first kappa shape index (κ1) is 25.8. The second kappa shape index (κ2) is 10.5. The predicted octanol–water partition coefficient (Wildman–Crippen LogP) is 6.29. The summed E-state index contributed by atoms with van der Waals surface area (Å²) in [6, 6.07) is 21.2. The normalized spacial score (nSPS) is 16.9. The predicted molar refractivity (Wildman–Crippen MR) is 155 cm³/mol. The maximum absolute atomic E-state index is 11.9. The van der Waals surface area contributed by atoms with E-state index in [4.69, 9.17) is 28.6 Å². The lowest BCUT2D eigenvalue weighted by Crippen LogP contribution is -2.29. The van der Waals surface area contributed by atoms with E-state index in [-0.39, 0.29) is 18.0 Å². The molecule has 194 valence electrons. The minimum Gasteiger partial charge on any atom is -0.495 e. The van der Waals surface area contributed by atoms with Crippen LogP contribution >= 0.6 is 23.8 Å². The molecule has 1 fully saturated rings. The van der Waals surface area contributed by atoms with Crippen LogP contribution in [0, 0.1) is 13.8 Å². The Morgan fingerprint density at radius 2 is 1.89 bits per heavy atom. The van der Waals surface area contributed by atoms with Gasteiger partial charge in [-0.3, -0.25) is 9.78 Å². The first-order chi connectivity index (χ1) is 18.3. The molecule has 0 bridgehead atoms. The number of nitrogens with one attached hydrogen (secondary N) is 2.